The number of thiophene rings is 1. The number of hydrogen-bond acceptors (Lipinski definition) is 6. The number of hydrogen-bond donors (Lipinski definition) is 2. The third-order valence-electron chi connectivity index (χ3n) is 2.62. The van der Waals surface area contributed by atoms with E-state index < -0.39 is 6.04 Å². The molecule has 0 saturated carbocycles. The first-order valence-corrected chi connectivity index (χ1v) is 6.17. The van der Waals surface area contributed by atoms with Crippen LogP contribution in [0.15, 0.2) is 23.8 Å². The number of carbonyl (C=O) groups is 1. The van der Waals surface area contributed by atoms with E-state index in [9.17, 15) is 4.79 Å². The number of nitrogens with one attached hydrogen (secondary N) is 2. The van der Waals surface area contributed by atoms with E-state index in [1.165, 1.54) is 24.8 Å². The molecule has 0 aliphatic carbocycles. The molecule has 1 atom stereocenters. The van der Waals surface area contributed by atoms with Gasteiger partial charge in [0.15, 0.2) is 5.82 Å². The highest BCUT2D eigenvalue weighted by molar-refractivity contribution is 7.10. The lowest BCUT2D eigenvalue weighted by Crippen LogP contribution is -2.32. The second-order valence-corrected chi connectivity index (χ2v) is 4.67. The topological polar surface area (TPSA) is 76.1 Å². The van der Waals surface area contributed by atoms with Crippen molar-refractivity contribution in [3.63, 3.8) is 0 Å². The molecule has 18 heavy (non-hydrogen) atoms. The average Bonchev–Trinajstić information content (AvgIpc) is 2.91. The zero-order valence-electron chi connectivity index (χ0n) is 9.51. The summed E-state index contributed by atoms with van der Waals surface area (Å²) < 4.78 is 5.08. The third kappa shape index (κ3) is 1.68. The standard InChI is InChI=1S/C11H10N4O2S/c1-17-11-8-9(12-5-13-11)14-7(10(16)15-8)6-3-2-4-18-6/h2-5,7H,1H3,(H,15,16)(H,12,13,14). The first kappa shape index (κ1) is 11.0. The summed E-state index contributed by atoms with van der Waals surface area (Å²) in [6.07, 6.45) is 1.40. The largest absolute Gasteiger partial charge is 0.479 e. The van der Waals surface area contributed by atoms with Crippen molar-refractivity contribution < 1.29 is 9.53 Å². The summed E-state index contributed by atoms with van der Waals surface area (Å²) in [4.78, 5) is 21.0. The van der Waals surface area contributed by atoms with Crippen LogP contribution in [0, 0.1) is 0 Å². The van der Waals surface area contributed by atoms with Gasteiger partial charge in [-0.3, -0.25) is 4.79 Å². The second kappa shape index (κ2) is 4.26. The Kier molecular flexibility index (Phi) is 2.60. The molecule has 92 valence electrons. The third-order valence-corrected chi connectivity index (χ3v) is 3.56. The van der Waals surface area contributed by atoms with Crippen LogP contribution in [0.25, 0.3) is 0 Å². The Morgan fingerprint density at radius 1 is 1.44 bits per heavy atom. The average molecular weight is 262 g/mol. The van der Waals surface area contributed by atoms with E-state index in [0.29, 0.717) is 17.4 Å². The van der Waals surface area contributed by atoms with Gasteiger partial charge >= 0.3 is 0 Å². The van der Waals surface area contributed by atoms with Crippen LogP contribution in [-0.2, 0) is 4.79 Å². The maximum absolute atomic E-state index is 12.0. The van der Waals surface area contributed by atoms with Crippen molar-refractivity contribution in [3.8, 4) is 5.88 Å². The van der Waals surface area contributed by atoms with E-state index in [0.717, 1.165) is 4.88 Å². The number of carbonyl (C=O) groups excluding carboxylic acids is 1. The number of rotatable bonds is 2. The molecule has 0 radical (unpaired) electrons. The van der Waals surface area contributed by atoms with Crippen LogP contribution in [0.4, 0.5) is 11.5 Å². The van der Waals surface area contributed by atoms with Crippen molar-refractivity contribution in [3.05, 3.63) is 28.7 Å². The minimum atomic E-state index is -0.419. The minimum absolute atomic E-state index is 0.141. The lowest BCUT2D eigenvalue weighted by molar-refractivity contribution is -0.117. The fourth-order valence-electron chi connectivity index (χ4n) is 1.80. The molecule has 2 N–H and O–H groups in total. The van der Waals surface area contributed by atoms with Gasteiger partial charge in [-0.1, -0.05) is 6.07 Å². The number of methoxy groups -OCH3 is 1. The zero-order valence-corrected chi connectivity index (χ0v) is 10.3. The highest BCUT2D eigenvalue weighted by Gasteiger charge is 2.30. The maximum atomic E-state index is 12.0. The number of fused-ring (bicyclic) bond motifs is 1. The fourth-order valence-corrected chi connectivity index (χ4v) is 2.57. The van der Waals surface area contributed by atoms with Gasteiger partial charge in [0.2, 0.25) is 5.88 Å². The van der Waals surface area contributed by atoms with Crippen LogP contribution in [0.5, 0.6) is 5.88 Å². The van der Waals surface area contributed by atoms with E-state index in [2.05, 4.69) is 20.6 Å². The highest BCUT2D eigenvalue weighted by Crippen LogP contribution is 2.36. The molecule has 1 amide bonds. The predicted molar refractivity (Wildman–Crippen MR) is 67.9 cm³/mol. The molecule has 3 heterocycles. The molecule has 3 rings (SSSR count). The van der Waals surface area contributed by atoms with Gasteiger partial charge in [0, 0.05) is 4.88 Å². The molecule has 1 aliphatic heterocycles. The summed E-state index contributed by atoms with van der Waals surface area (Å²) in [6, 6.07) is 3.40. The smallest absolute Gasteiger partial charge is 0.252 e. The molecule has 6 nitrogen and oxygen atoms in total. The number of aromatic nitrogens is 2. The molecule has 2 aromatic heterocycles. The van der Waals surface area contributed by atoms with Crippen LogP contribution in [0.1, 0.15) is 10.9 Å². The Morgan fingerprint density at radius 2 is 2.33 bits per heavy atom. The van der Waals surface area contributed by atoms with Crippen molar-refractivity contribution in [1.29, 1.82) is 0 Å². The van der Waals surface area contributed by atoms with Gasteiger partial charge in [-0.05, 0) is 11.4 Å². The Morgan fingerprint density at radius 3 is 3.06 bits per heavy atom. The van der Waals surface area contributed by atoms with Crippen molar-refractivity contribution in [2.75, 3.05) is 17.7 Å². The summed E-state index contributed by atoms with van der Waals surface area (Å²) in [6.45, 7) is 0. The number of ether oxygens (including phenoxy) is 1. The van der Waals surface area contributed by atoms with Gasteiger partial charge < -0.3 is 15.4 Å². The molecule has 0 spiro atoms. The Labute approximate surface area is 107 Å². The lowest BCUT2D eigenvalue weighted by Gasteiger charge is -2.25. The van der Waals surface area contributed by atoms with E-state index in [-0.39, 0.29) is 5.91 Å². The molecular weight excluding hydrogens is 252 g/mol. The summed E-state index contributed by atoms with van der Waals surface area (Å²) in [5.74, 6) is 0.781. The van der Waals surface area contributed by atoms with Crippen molar-refractivity contribution in [2.24, 2.45) is 0 Å². The predicted octanol–water partition coefficient (Wildman–Crippen LogP) is 1.65. The minimum Gasteiger partial charge on any atom is -0.479 e. The van der Waals surface area contributed by atoms with Gasteiger partial charge in [-0.2, -0.15) is 4.98 Å². The van der Waals surface area contributed by atoms with Crippen molar-refractivity contribution in [2.45, 2.75) is 6.04 Å². The van der Waals surface area contributed by atoms with E-state index in [1.807, 2.05) is 17.5 Å². The van der Waals surface area contributed by atoms with Crippen LogP contribution in [0.3, 0.4) is 0 Å². The van der Waals surface area contributed by atoms with Crippen LogP contribution in [-0.4, -0.2) is 23.0 Å². The Bertz CT molecular complexity index is 585. The molecule has 7 heteroatoms. The lowest BCUT2D eigenvalue weighted by atomic mass is 10.1. The first-order chi connectivity index (χ1) is 8.79. The highest BCUT2D eigenvalue weighted by atomic mass is 32.1. The van der Waals surface area contributed by atoms with Gasteiger partial charge in [-0.15, -0.1) is 11.3 Å². The molecule has 0 bridgehead atoms. The molecule has 2 aromatic rings. The normalized spacial score (nSPS) is 17.6. The first-order valence-electron chi connectivity index (χ1n) is 5.29. The molecule has 0 fully saturated rings. The van der Waals surface area contributed by atoms with Crippen LogP contribution < -0.4 is 15.4 Å². The fraction of sp³-hybridized carbons (Fsp3) is 0.182. The summed E-state index contributed by atoms with van der Waals surface area (Å²) in [5, 5.41) is 7.80. The van der Waals surface area contributed by atoms with Gasteiger partial charge in [0.1, 0.15) is 18.1 Å². The van der Waals surface area contributed by atoms with E-state index in [4.69, 9.17) is 4.74 Å². The number of nitrogens with zero attached hydrogens (tertiary/aromatic N) is 2. The Hall–Kier alpha value is -2.15. The van der Waals surface area contributed by atoms with E-state index >= 15 is 0 Å². The van der Waals surface area contributed by atoms with Crippen LogP contribution >= 0.6 is 11.3 Å². The number of amides is 1. The molecule has 1 unspecified atom stereocenters. The summed E-state index contributed by atoms with van der Waals surface area (Å²) >= 11 is 1.52. The molecule has 0 saturated heterocycles. The Balaban J connectivity index is 2.00. The summed E-state index contributed by atoms with van der Waals surface area (Å²) in [7, 11) is 1.50. The SMILES string of the molecule is COc1ncnc2c1NC(=O)C(c1cccs1)N2. The monoisotopic (exact) mass is 262 g/mol. The van der Waals surface area contributed by atoms with E-state index in [1.54, 1.807) is 0 Å². The summed E-state index contributed by atoms with van der Waals surface area (Å²) in [5.41, 5.74) is 0.484. The maximum Gasteiger partial charge on any atom is 0.252 e. The van der Waals surface area contributed by atoms with Crippen LogP contribution in [0.2, 0.25) is 0 Å². The quantitative estimate of drug-likeness (QED) is 0.860. The van der Waals surface area contributed by atoms with Gasteiger partial charge in [0.25, 0.3) is 5.91 Å². The molecule has 0 aromatic carbocycles. The van der Waals surface area contributed by atoms with Crippen molar-refractivity contribution in [1.82, 2.24) is 9.97 Å². The molecule has 1 aliphatic rings. The second-order valence-electron chi connectivity index (χ2n) is 3.69. The van der Waals surface area contributed by atoms with Gasteiger partial charge in [0.05, 0.1) is 7.11 Å². The van der Waals surface area contributed by atoms with Crippen molar-refractivity contribution >= 4 is 28.7 Å². The number of anilines is 2. The van der Waals surface area contributed by atoms with Gasteiger partial charge in [-0.25, -0.2) is 4.98 Å². The molecular formula is C11H10N4O2S. The zero-order chi connectivity index (χ0) is 12.5.